The van der Waals surface area contributed by atoms with Crippen LogP contribution in [0.15, 0.2) is 59.8 Å². The molecule has 6 rings (SSSR count). The van der Waals surface area contributed by atoms with Crippen LogP contribution in [0.2, 0.25) is 0 Å². The lowest BCUT2D eigenvalue weighted by molar-refractivity contribution is 0.192. The lowest BCUT2D eigenvalue weighted by Crippen LogP contribution is -2.37. The van der Waals surface area contributed by atoms with Gasteiger partial charge in [-0.05, 0) is 86.1 Å². The number of nitrogens with one attached hydrogen (secondary N) is 1. The van der Waals surface area contributed by atoms with Crippen molar-refractivity contribution in [2.45, 2.75) is 85.0 Å². The molecule has 1 fully saturated rings. The first kappa shape index (κ1) is 33.8. The van der Waals surface area contributed by atoms with Gasteiger partial charge >= 0.3 is 0 Å². The summed E-state index contributed by atoms with van der Waals surface area (Å²) in [4.78, 5) is 21.6. The van der Waals surface area contributed by atoms with Crippen molar-refractivity contribution in [3.05, 3.63) is 82.9 Å². The van der Waals surface area contributed by atoms with Crippen molar-refractivity contribution < 1.29 is 13.2 Å². The fourth-order valence-electron chi connectivity index (χ4n) is 7.09. The molecule has 2 atom stereocenters. The standard InChI is InChI=1S/C38H48N6O3S/c1-24(2)18-29-23-47-36-27(5)35(34-25(3)10-8-11-26(34)4)41-37(42-36)43-48(45,46)31-13-9-12-28(19-31)32(29)20-33-39-21-30(22-40-33)44-16-14-38(6,7)15-17-44/h8-13,19,21-22,24,29,32H,14-18,20,23H2,1-7H3,(H,41,42,43)/t29-,32?/m1/s1. The van der Waals surface area contributed by atoms with Gasteiger partial charge in [-0.15, -0.1) is 0 Å². The fourth-order valence-corrected chi connectivity index (χ4v) is 8.08. The number of benzene rings is 2. The third-order valence-corrected chi connectivity index (χ3v) is 11.3. The Bertz CT molecular complexity index is 1860. The predicted octanol–water partition coefficient (Wildman–Crippen LogP) is 7.67. The molecule has 9 nitrogen and oxygen atoms in total. The molecular formula is C38H48N6O3S. The van der Waals surface area contributed by atoms with E-state index in [-0.39, 0.29) is 22.7 Å². The van der Waals surface area contributed by atoms with Crippen LogP contribution in [0.3, 0.4) is 0 Å². The maximum Gasteiger partial charge on any atom is 0.264 e. The minimum atomic E-state index is -4.01. The van der Waals surface area contributed by atoms with Crippen LogP contribution in [0.5, 0.6) is 5.88 Å². The maximum atomic E-state index is 13.8. The van der Waals surface area contributed by atoms with Crippen LogP contribution in [0.4, 0.5) is 11.6 Å². The number of nitrogens with zero attached hydrogens (tertiary/aromatic N) is 5. The van der Waals surface area contributed by atoms with E-state index in [1.165, 1.54) is 0 Å². The van der Waals surface area contributed by atoms with Crippen molar-refractivity contribution >= 4 is 21.7 Å². The first-order valence-electron chi connectivity index (χ1n) is 17.1. The smallest absolute Gasteiger partial charge is 0.264 e. The molecule has 0 radical (unpaired) electrons. The second-order valence-electron chi connectivity index (χ2n) is 14.8. The molecular weight excluding hydrogens is 621 g/mol. The van der Waals surface area contributed by atoms with Crippen molar-refractivity contribution in [2.75, 3.05) is 29.3 Å². The molecule has 1 unspecified atom stereocenters. The van der Waals surface area contributed by atoms with Crippen molar-refractivity contribution in [3.8, 4) is 17.1 Å². The molecule has 1 N–H and O–H groups in total. The van der Waals surface area contributed by atoms with Crippen LogP contribution < -0.4 is 14.4 Å². The van der Waals surface area contributed by atoms with Crippen LogP contribution in [0, 0.1) is 38.0 Å². The molecule has 4 bridgehead atoms. The van der Waals surface area contributed by atoms with E-state index in [1.807, 2.05) is 57.4 Å². The second-order valence-corrected chi connectivity index (χ2v) is 16.5. The minimum Gasteiger partial charge on any atom is -0.477 e. The Morgan fingerprint density at radius 2 is 1.65 bits per heavy atom. The molecule has 4 aromatic rings. The molecule has 1 saturated heterocycles. The molecule has 254 valence electrons. The number of anilines is 2. The zero-order valence-corrected chi connectivity index (χ0v) is 30.1. The molecule has 10 heteroatoms. The summed E-state index contributed by atoms with van der Waals surface area (Å²) >= 11 is 0. The third-order valence-electron chi connectivity index (χ3n) is 9.99. The van der Waals surface area contributed by atoms with Gasteiger partial charge in [-0.1, -0.05) is 58.0 Å². The van der Waals surface area contributed by atoms with E-state index in [0.29, 0.717) is 35.9 Å². The monoisotopic (exact) mass is 668 g/mol. The summed E-state index contributed by atoms with van der Waals surface area (Å²) in [5, 5.41) is 0. The van der Waals surface area contributed by atoms with Gasteiger partial charge in [0.15, 0.2) is 0 Å². The molecule has 4 heterocycles. The molecule has 0 amide bonds. The fraction of sp³-hybridized carbons (Fsp3) is 0.474. The van der Waals surface area contributed by atoms with Crippen LogP contribution >= 0.6 is 0 Å². The maximum absolute atomic E-state index is 13.8. The topological polar surface area (TPSA) is 110 Å². The number of hydrogen-bond acceptors (Lipinski definition) is 8. The van der Waals surface area contributed by atoms with Crippen LogP contribution in [0.25, 0.3) is 11.3 Å². The molecule has 0 aliphatic carbocycles. The van der Waals surface area contributed by atoms with E-state index in [0.717, 1.165) is 71.7 Å². The largest absolute Gasteiger partial charge is 0.477 e. The highest BCUT2D eigenvalue weighted by Crippen LogP contribution is 2.38. The molecule has 0 spiro atoms. The highest BCUT2D eigenvalue weighted by molar-refractivity contribution is 7.92. The minimum absolute atomic E-state index is 0.0121. The van der Waals surface area contributed by atoms with Crippen LogP contribution in [-0.2, 0) is 16.4 Å². The number of piperidine rings is 1. The third kappa shape index (κ3) is 7.33. The quantitative estimate of drug-likeness (QED) is 0.223. The van der Waals surface area contributed by atoms with Gasteiger partial charge in [0.05, 0.1) is 35.3 Å². The van der Waals surface area contributed by atoms with Gasteiger partial charge in [0, 0.05) is 36.6 Å². The van der Waals surface area contributed by atoms with Gasteiger partial charge < -0.3 is 9.64 Å². The zero-order chi connectivity index (χ0) is 34.2. The van der Waals surface area contributed by atoms with Gasteiger partial charge in [0.25, 0.3) is 10.0 Å². The van der Waals surface area contributed by atoms with Gasteiger partial charge in [0.2, 0.25) is 11.8 Å². The lowest BCUT2D eigenvalue weighted by Gasteiger charge is -2.37. The van der Waals surface area contributed by atoms with Gasteiger partial charge in [0.1, 0.15) is 5.82 Å². The van der Waals surface area contributed by atoms with E-state index in [9.17, 15) is 8.42 Å². The predicted molar refractivity (Wildman–Crippen MR) is 191 cm³/mol. The summed E-state index contributed by atoms with van der Waals surface area (Å²) < 4.78 is 36.9. The SMILES string of the molecule is Cc1cccc(C)c1-c1nc2nc(c1C)OC[C@@H](CC(C)C)C(Cc1ncc(N3CCC(C)(C)CC3)cn1)c1cccc(c1)S(=O)(=O)N2. The van der Waals surface area contributed by atoms with Gasteiger partial charge in [-0.2, -0.15) is 4.98 Å². The van der Waals surface area contributed by atoms with Gasteiger partial charge in [-0.25, -0.2) is 28.1 Å². The summed E-state index contributed by atoms with van der Waals surface area (Å²) in [6, 6.07) is 13.3. The van der Waals surface area contributed by atoms with E-state index < -0.39 is 10.0 Å². The van der Waals surface area contributed by atoms with E-state index in [4.69, 9.17) is 19.7 Å². The summed E-state index contributed by atoms with van der Waals surface area (Å²) in [5.74, 6) is 1.41. The first-order chi connectivity index (χ1) is 22.8. The Hall–Kier alpha value is -4.05. The number of fused-ring (bicyclic) bond motifs is 4. The van der Waals surface area contributed by atoms with E-state index in [2.05, 4.69) is 42.3 Å². The number of aryl methyl sites for hydroxylation is 2. The highest BCUT2D eigenvalue weighted by atomic mass is 32.2. The first-order valence-corrected chi connectivity index (χ1v) is 18.5. The molecule has 2 aliphatic heterocycles. The number of aromatic nitrogens is 4. The summed E-state index contributed by atoms with van der Waals surface area (Å²) in [6.07, 6.45) is 7.57. The summed E-state index contributed by atoms with van der Waals surface area (Å²) in [5.41, 5.74) is 6.77. The molecule has 0 saturated carbocycles. The van der Waals surface area contributed by atoms with Crippen molar-refractivity contribution in [1.29, 1.82) is 0 Å². The van der Waals surface area contributed by atoms with Gasteiger partial charge in [-0.3, -0.25) is 0 Å². The Labute approximate surface area is 285 Å². The number of hydrogen-bond donors (Lipinski definition) is 1. The summed E-state index contributed by atoms with van der Waals surface area (Å²) in [7, 11) is -4.01. The van der Waals surface area contributed by atoms with Crippen molar-refractivity contribution in [3.63, 3.8) is 0 Å². The number of rotatable bonds is 6. The molecule has 2 aromatic carbocycles. The Kier molecular flexibility index (Phi) is 9.48. The lowest BCUT2D eigenvalue weighted by atomic mass is 9.79. The molecule has 2 aliphatic rings. The highest BCUT2D eigenvalue weighted by Gasteiger charge is 2.31. The van der Waals surface area contributed by atoms with Crippen molar-refractivity contribution in [1.82, 2.24) is 19.9 Å². The van der Waals surface area contributed by atoms with E-state index in [1.54, 1.807) is 18.2 Å². The Morgan fingerprint density at radius 3 is 2.31 bits per heavy atom. The van der Waals surface area contributed by atoms with E-state index >= 15 is 0 Å². The Morgan fingerprint density at radius 1 is 0.979 bits per heavy atom. The number of ether oxygens (including phenoxy) is 1. The molecule has 2 aromatic heterocycles. The van der Waals surface area contributed by atoms with Crippen molar-refractivity contribution in [2.24, 2.45) is 17.3 Å². The second kappa shape index (κ2) is 13.5. The Balaban J connectivity index is 1.39. The molecule has 48 heavy (non-hydrogen) atoms. The summed E-state index contributed by atoms with van der Waals surface area (Å²) in [6.45, 7) is 17.5. The normalized spacial score (nSPS) is 20.3. The average Bonchev–Trinajstić information content (AvgIpc) is 3.03. The zero-order valence-electron chi connectivity index (χ0n) is 29.2. The average molecular weight is 669 g/mol. The van der Waals surface area contributed by atoms with Crippen LogP contribution in [0.1, 0.15) is 81.0 Å². The number of sulfonamides is 1. The van der Waals surface area contributed by atoms with Crippen LogP contribution in [-0.4, -0.2) is 48.1 Å².